The molecule has 0 aliphatic carbocycles. The molecule has 0 aromatic rings. The molecule has 2 nitrogen and oxygen atoms in total. The van der Waals surface area contributed by atoms with Gasteiger partial charge in [-0.1, -0.05) is 0 Å². The maximum absolute atomic E-state index is 9.77. The summed E-state index contributed by atoms with van der Waals surface area (Å²) < 4.78 is -0.620. The fourth-order valence-electron chi connectivity index (χ4n) is 0. The topological polar surface area (TPSA) is 43.1 Å². The van der Waals surface area contributed by atoms with E-state index in [2.05, 4.69) is 31.0 Å². The molecule has 1 amide bonds. The Kier molecular flexibility index (Phi) is 7.56. The van der Waals surface area contributed by atoms with Crippen molar-refractivity contribution in [2.75, 3.05) is 0 Å². The van der Waals surface area contributed by atoms with Crippen LogP contribution in [0.5, 0.6) is 0 Å². The summed E-state index contributed by atoms with van der Waals surface area (Å²) in [7, 11) is 0. The minimum Gasteiger partial charge on any atom is -0.368 e. The van der Waals surface area contributed by atoms with Crippen molar-refractivity contribution in [3.63, 3.8) is 0 Å². The summed E-state index contributed by atoms with van der Waals surface area (Å²) in [5.74, 6) is -0.512. The molecule has 0 aliphatic rings. The van der Waals surface area contributed by atoms with Crippen molar-refractivity contribution in [2.24, 2.45) is 5.73 Å². The first-order chi connectivity index (χ1) is 2.64. The van der Waals surface area contributed by atoms with Crippen LogP contribution in [-0.4, -0.2) is 10.5 Å². The van der Waals surface area contributed by atoms with Gasteiger partial charge in [-0.05, 0) is 0 Å². The Morgan fingerprint density at radius 3 is 1.71 bits per heavy atom. The minimum atomic E-state index is -0.620. The molecule has 0 radical (unpaired) electrons. The Hall–Kier alpha value is 0.793. The number of hydrogen-bond acceptors (Lipinski definition) is 3. The summed E-state index contributed by atoms with van der Waals surface area (Å²) in [6, 6.07) is 0. The largest absolute Gasteiger partial charge is 0.368 e. The van der Waals surface area contributed by atoms with Gasteiger partial charge in [0, 0.05) is 19.5 Å². The fourth-order valence-corrected chi connectivity index (χ4v) is 0. The molecular weight excluding hydrogens is 219 g/mol. The van der Waals surface area contributed by atoms with Crippen molar-refractivity contribution >= 4 is 31.2 Å². The standard InChI is InChI=1S/C2H5NOS2.Ru/c3-1(4)2(5)6;/h2,5-6H,(H2,3,4);. The zero-order chi connectivity index (χ0) is 5.15. The van der Waals surface area contributed by atoms with Gasteiger partial charge in [0.2, 0.25) is 5.91 Å². The second-order valence-electron chi connectivity index (χ2n) is 0.776. The van der Waals surface area contributed by atoms with Gasteiger partial charge in [0.05, 0.1) is 0 Å². The molecule has 44 valence electrons. The summed E-state index contributed by atoms with van der Waals surface area (Å²) in [5.41, 5.74) is 4.64. The van der Waals surface area contributed by atoms with Crippen LogP contribution in [0.25, 0.3) is 0 Å². The first-order valence-corrected chi connectivity index (χ1v) is 2.33. The Labute approximate surface area is 65.8 Å². The molecule has 0 unspecified atom stereocenters. The van der Waals surface area contributed by atoms with Crippen LogP contribution < -0.4 is 5.73 Å². The summed E-state index contributed by atoms with van der Waals surface area (Å²) in [4.78, 5) is 9.77. The number of amides is 1. The summed E-state index contributed by atoms with van der Waals surface area (Å²) in [6.07, 6.45) is 0. The molecule has 0 spiro atoms. The maximum Gasteiger partial charge on any atom is 0.240 e. The van der Waals surface area contributed by atoms with Crippen molar-refractivity contribution in [2.45, 2.75) is 4.58 Å². The smallest absolute Gasteiger partial charge is 0.240 e. The fraction of sp³-hybridized carbons (Fsp3) is 0.500. The van der Waals surface area contributed by atoms with Gasteiger partial charge in [-0.2, -0.15) is 25.3 Å². The van der Waals surface area contributed by atoms with E-state index in [-0.39, 0.29) is 19.5 Å². The predicted octanol–water partition coefficient (Wildman–Crippen LogP) is -0.345. The number of carbonyl (C=O) groups is 1. The van der Waals surface area contributed by atoms with Crippen LogP contribution >= 0.6 is 25.3 Å². The van der Waals surface area contributed by atoms with Crippen molar-refractivity contribution < 1.29 is 24.3 Å². The van der Waals surface area contributed by atoms with E-state index < -0.39 is 10.5 Å². The number of rotatable bonds is 1. The zero-order valence-electron chi connectivity index (χ0n) is 3.31. The van der Waals surface area contributed by atoms with Crippen LogP contribution in [0, 0.1) is 0 Å². The maximum atomic E-state index is 9.77. The van der Waals surface area contributed by atoms with E-state index in [0.29, 0.717) is 0 Å². The van der Waals surface area contributed by atoms with E-state index in [1.54, 1.807) is 0 Å². The van der Waals surface area contributed by atoms with Gasteiger partial charge >= 0.3 is 0 Å². The number of thiol groups is 2. The van der Waals surface area contributed by atoms with E-state index in [9.17, 15) is 4.79 Å². The van der Waals surface area contributed by atoms with Gasteiger partial charge < -0.3 is 5.73 Å². The molecule has 0 saturated heterocycles. The normalized spacial score (nSPS) is 7.86. The predicted molar refractivity (Wildman–Crippen MR) is 31.0 cm³/mol. The van der Waals surface area contributed by atoms with Gasteiger partial charge in [-0.3, -0.25) is 4.79 Å². The third kappa shape index (κ3) is 6.79. The van der Waals surface area contributed by atoms with Gasteiger partial charge in [0.25, 0.3) is 0 Å². The SMILES string of the molecule is NC(=O)C(S)S.[Ru]. The average molecular weight is 224 g/mol. The number of nitrogens with two attached hydrogens (primary N) is 1. The second kappa shape index (κ2) is 4.94. The Morgan fingerprint density at radius 2 is 1.71 bits per heavy atom. The molecule has 0 heterocycles. The van der Waals surface area contributed by atoms with Crippen LogP contribution in [-0.2, 0) is 24.3 Å². The van der Waals surface area contributed by atoms with E-state index in [1.807, 2.05) is 0 Å². The van der Waals surface area contributed by atoms with E-state index in [0.717, 1.165) is 0 Å². The Balaban J connectivity index is 0. The van der Waals surface area contributed by atoms with E-state index in [4.69, 9.17) is 0 Å². The van der Waals surface area contributed by atoms with Crippen LogP contribution in [0.4, 0.5) is 0 Å². The molecule has 0 aliphatic heterocycles. The van der Waals surface area contributed by atoms with Crippen LogP contribution in [0.1, 0.15) is 0 Å². The number of hydrogen-bond donors (Lipinski definition) is 3. The molecule has 5 heteroatoms. The third-order valence-electron chi connectivity index (χ3n) is 0.254. The average Bonchev–Trinajstić information content (AvgIpc) is 1.36. The van der Waals surface area contributed by atoms with E-state index >= 15 is 0 Å². The molecule has 7 heavy (non-hydrogen) atoms. The monoisotopic (exact) mass is 225 g/mol. The third-order valence-corrected chi connectivity index (χ3v) is 0.763. The van der Waals surface area contributed by atoms with Crippen molar-refractivity contribution in [1.82, 2.24) is 0 Å². The Bertz CT molecular complexity index is 66.7. The molecule has 0 bridgehead atoms. The van der Waals surface area contributed by atoms with Crippen molar-refractivity contribution in [3.05, 3.63) is 0 Å². The van der Waals surface area contributed by atoms with Crippen LogP contribution in [0.15, 0.2) is 0 Å². The van der Waals surface area contributed by atoms with Crippen molar-refractivity contribution in [3.8, 4) is 0 Å². The molecule has 0 rings (SSSR count). The first kappa shape index (κ1) is 10.7. The first-order valence-electron chi connectivity index (χ1n) is 1.30. The van der Waals surface area contributed by atoms with Crippen LogP contribution in [0.3, 0.4) is 0 Å². The second-order valence-corrected chi connectivity index (χ2v) is 2.22. The van der Waals surface area contributed by atoms with Gasteiger partial charge in [0.1, 0.15) is 4.58 Å². The summed E-state index contributed by atoms with van der Waals surface area (Å²) in [5, 5.41) is 0. The molecule has 0 aromatic heterocycles. The number of primary amides is 1. The minimum absolute atomic E-state index is 0. The van der Waals surface area contributed by atoms with Gasteiger partial charge in [-0.15, -0.1) is 0 Å². The number of carbonyl (C=O) groups excluding carboxylic acids is 1. The van der Waals surface area contributed by atoms with E-state index in [1.165, 1.54) is 0 Å². The van der Waals surface area contributed by atoms with Gasteiger partial charge in [-0.25, -0.2) is 0 Å². The van der Waals surface area contributed by atoms with Gasteiger partial charge in [0.15, 0.2) is 0 Å². The molecule has 0 fully saturated rings. The Morgan fingerprint density at radius 1 is 1.57 bits per heavy atom. The molecule has 0 saturated carbocycles. The quantitative estimate of drug-likeness (QED) is 0.318. The van der Waals surface area contributed by atoms with Crippen molar-refractivity contribution in [1.29, 1.82) is 0 Å². The summed E-state index contributed by atoms with van der Waals surface area (Å²) in [6.45, 7) is 0. The molecule has 2 N–H and O–H groups in total. The van der Waals surface area contributed by atoms with Crippen LogP contribution in [0.2, 0.25) is 0 Å². The molecule has 0 aromatic carbocycles. The zero-order valence-corrected chi connectivity index (χ0v) is 6.84. The summed E-state index contributed by atoms with van der Waals surface area (Å²) >= 11 is 7.17. The molecular formula is C2H5NORuS2. The molecule has 0 atom stereocenters.